The molecule has 0 saturated heterocycles. The zero-order chi connectivity index (χ0) is 11.7. The summed E-state index contributed by atoms with van der Waals surface area (Å²) in [4.78, 5) is 4.26. The highest BCUT2D eigenvalue weighted by Gasteiger charge is 2.09. The van der Waals surface area contributed by atoms with E-state index in [-0.39, 0.29) is 0 Å². The Bertz CT molecular complexity index is 519. The average Bonchev–Trinajstić information content (AvgIpc) is 2.59. The van der Waals surface area contributed by atoms with Gasteiger partial charge >= 0.3 is 0 Å². The normalized spacial score (nSPS) is 10.8. The summed E-state index contributed by atoms with van der Waals surface area (Å²) < 4.78 is 1.76. The Kier molecular flexibility index (Phi) is 2.94. The predicted octanol–water partition coefficient (Wildman–Crippen LogP) is 2.00. The fourth-order valence-electron chi connectivity index (χ4n) is 1.64. The molecule has 0 amide bonds. The summed E-state index contributed by atoms with van der Waals surface area (Å²) in [6.07, 6.45) is 0. The zero-order valence-corrected chi connectivity index (χ0v) is 9.99. The van der Waals surface area contributed by atoms with E-state index in [1.54, 1.807) is 4.68 Å². The lowest BCUT2D eigenvalue weighted by Gasteiger charge is -2.07. The minimum Gasteiger partial charge on any atom is -0.324 e. The molecular formula is C11H13ClN4. The van der Waals surface area contributed by atoms with E-state index >= 15 is 0 Å². The molecular weight excluding hydrogens is 224 g/mol. The third-order valence-corrected chi connectivity index (χ3v) is 2.58. The van der Waals surface area contributed by atoms with Gasteiger partial charge in [-0.25, -0.2) is 9.67 Å². The van der Waals surface area contributed by atoms with Crippen LogP contribution in [-0.4, -0.2) is 14.8 Å². The summed E-state index contributed by atoms with van der Waals surface area (Å²) in [7, 11) is 0. The maximum atomic E-state index is 5.91. The summed E-state index contributed by atoms with van der Waals surface area (Å²) in [5, 5.41) is 5.04. The van der Waals surface area contributed by atoms with Crippen molar-refractivity contribution in [3.63, 3.8) is 0 Å². The number of aromatic nitrogens is 3. The minimum absolute atomic E-state index is 0.364. The second-order valence-electron chi connectivity index (χ2n) is 3.62. The van der Waals surface area contributed by atoms with Crippen LogP contribution in [0, 0.1) is 13.8 Å². The van der Waals surface area contributed by atoms with Gasteiger partial charge in [0.15, 0.2) is 0 Å². The first-order valence-electron chi connectivity index (χ1n) is 5.01. The molecule has 0 aliphatic carbocycles. The summed E-state index contributed by atoms with van der Waals surface area (Å²) in [5.74, 6) is 1.47. The van der Waals surface area contributed by atoms with Crippen LogP contribution in [0.5, 0.6) is 0 Å². The molecule has 0 fully saturated rings. The first kappa shape index (κ1) is 11.1. The molecule has 0 unspecified atom stereocenters. The van der Waals surface area contributed by atoms with Crippen LogP contribution in [0.15, 0.2) is 18.2 Å². The number of benzene rings is 1. The Morgan fingerprint density at radius 1 is 1.38 bits per heavy atom. The lowest BCUT2D eigenvalue weighted by molar-refractivity contribution is 0.782. The first-order valence-corrected chi connectivity index (χ1v) is 5.38. The van der Waals surface area contributed by atoms with Crippen molar-refractivity contribution in [2.75, 3.05) is 0 Å². The molecule has 2 N–H and O–H groups in total. The number of hydrogen-bond donors (Lipinski definition) is 1. The van der Waals surface area contributed by atoms with Crippen LogP contribution in [0.2, 0.25) is 5.02 Å². The second kappa shape index (κ2) is 4.23. The second-order valence-corrected chi connectivity index (χ2v) is 4.06. The predicted molar refractivity (Wildman–Crippen MR) is 63.7 cm³/mol. The van der Waals surface area contributed by atoms with Crippen molar-refractivity contribution in [3.05, 3.63) is 40.4 Å². The van der Waals surface area contributed by atoms with Crippen LogP contribution in [0.1, 0.15) is 17.2 Å². The number of aryl methyl sites for hydroxylation is 2. The van der Waals surface area contributed by atoms with Gasteiger partial charge in [0.25, 0.3) is 0 Å². The molecule has 16 heavy (non-hydrogen) atoms. The molecule has 0 radical (unpaired) electrons. The molecule has 5 heteroatoms. The Labute approximate surface area is 99.1 Å². The van der Waals surface area contributed by atoms with Gasteiger partial charge < -0.3 is 5.73 Å². The maximum absolute atomic E-state index is 5.91. The number of nitrogens with zero attached hydrogens (tertiary/aromatic N) is 3. The summed E-state index contributed by atoms with van der Waals surface area (Å²) >= 11 is 5.91. The van der Waals surface area contributed by atoms with E-state index in [1.165, 1.54) is 0 Å². The van der Waals surface area contributed by atoms with Crippen molar-refractivity contribution >= 4 is 11.6 Å². The van der Waals surface area contributed by atoms with Gasteiger partial charge in [-0.3, -0.25) is 0 Å². The number of halogens is 1. The molecule has 2 aromatic rings. The van der Waals surface area contributed by atoms with Crippen molar-refractivity contribution in [3.8, 4) is 5.69 Å². The van der Waals surface area contributed by atoms with Crippen LogP contribution >= 0.6 is 11.6 Å². The summed E-state index contributed by atoms with van der Waals surface area (Å²) in [5.41, 5.74) is 7.64. The fraction of sp³-hybridized carbons (Fsp3) is 0.273. The van der Waals surface area contributed by atoms with Crippen molar-refractivity contribution in [1.29, 1.82) is 0 Å². The van der Waals surface area contributed by atoms with Gasteiger partial charge in [0.2, 0.25) is 0 Å². The van der Waals surface area contributed by atoms with E-state index in [0.717, 1.165) is 22.9 Å². The highest BCUT2D eigenvalue weighted by Crippen LogP contribution is 2.19. The molecule has 1 heterocycles. The monoisotopic (exact) mass is 236 g/mol. The van der Waals surface area contributed by atoms with E-state index in [2.05, 4.69) is 10.1 Å². The molecule has 0 saturated carbocycles. The van der Waals surface area contributed by atoms with E-state index in [0.29, 0.717) is 11.6 Å². The van der Waals surface area contributed by atoms with Crippen LogP contribution in [-0.2, 0) is 6.54 Å². The van der Waals surface area contributed by atoms with Crippen LogP contribution in [0.3, 0.4) is 0 Å². The molecule has 0 spiro atoms. The molecule has 0 bridgehead atoms. The van der Waals surface area contributed by atoms with Gasteiger partial charge in [-0.1, -0.05) is 11.6 Å². The van der Waals surface area contributed by atoms with E-state index in [1.807, 2.05) is 32.0 Å². The van der Waals surface area contributed by atoms with Crippen LogP contribution in [0.4, 0.5) is 0 Å². The van der Waals surface area contributed by atoms with Gasteiger partial charge in [0.1, 0.15) is 11.6 Å². The molecule has 0 atom stereocenters. The van der Waals surface area contributed by atoms with E-state index < -0.39 is 0 Å². The molecule has 0 aliphatic rings. The number of rotatable bonds is 2. The Balaban J connectivity index is 2.57. The van der Waals surface area contributed by atoms with Crippen LogP contribution < -0.4 is 5.73 Å². The number of hydrogen-bond acceptors (Lipinski definition) is 3. The number of nitrogens with two attached hydrogens (primary N) is 1. The highest BCUT2D eigenvalue weighted by atomic mass is 35.5. The van der Waals surface area contributed by atoms with E-state index in [4.69, 9.17) is 17.3 Å². The average molecular weight is 237 g/mol. The first-order chi connectivity index (χ1) is 7.61. The Hall–Kier alpha value is -1.39. The summed E-state index contributed by atoms with van der Waals surface area (Å²) in [6.45, 7) is 4.20. The lowest BCUT2D eigenvalue weighted by atomic mass is 10.2. The standard InChI is InChI=1S/C11H13ClN4/c1-7-5-9(12)3-4-10(7)16-11(6-13)14-8(2)15-16/h3-5H,6,13H2,1-2H3. The molecule has 0 aliphatic heterocycles. The fourth-order valence-corrected chi connectivity index (χ4v) is 1.87. The van der Waals surface area contributed by atoms with Crippen molar-refractivity contribution < 1.29 is 0 Å². The lowest BCUT2D eigenvalue weighted by Crippen LogP contribution is -2.09. The van der Waals surface area contributed by atoms with Crippen LogP contribution in [0.25, 0.3) is 5.69 Å². The zero-order valence-electron chi connectivity index (χ0n) is 9.24. The molecule has 2 rings (SSSR count). The third-order valence-electron chi connectivity index (χ3n) is 2.35. The van der Waals surface area contributed by atoms with Crippen molar-refractivity contribution in [2.45, 2.75) is 20.4 Å². The maximum Gasteiger partial charge on any atom is 0.148 e. The summed E-state index contributed by atoms with van der Waals surface area (Å²) in [6, 6.07) is 5.65. The van der Waals surface area contributed by atoms with E-state index in [9.17, 15) is 0 Å². The highest BCUT2D eigenvalue weighted by molar-refractivity contribution is 6.30. The van der Waals surface area contributed by atoms with Gasteiger partial charge in [0.05, 0.1) is 12.2 Å². The molecule has 1 aromatic carbocycles. The Morgan fingerprint density at radius 2 is 2.12 bits per heavy atom. The van der Waals surface area contributed by atoms with Gasteiger partial charge in [0, 0.05) is 5.02 Å². The Morgan fingerprint density at radius 3 is 2.75 bits per heavy atom. The largest absolute Gasteiger partial charge is 0.324 e. The molecule has 4 nitrogen and oxygen atoms in total. The smallest absolute Gasteiger partial charge is 0.148 e. The quantitative estimate of drug-likeness (QED) is 0.868. The van der Waals surface area contributed by atoms with Gasteiger partial charge in [-0.15, -0.1) is 0 Å². The SMILES string of the molecule is Cc1nc(CN)n(-c2ccc(Cl)cc2C)n1. The van der Waals surface area contributed by atoms with Gasteiger partial charge in [-0.2, -0.15) is 5.10 Å². The van der Waals surface area contributed by atoms with Crippen molar-refractivity contribution in [1.82, 2.24) is 14.8 Å². The topological polar surface area (TPSA) is 56.7 Å². The van der Waals surface area contributed by atoms with Crippen molar-refractivity contribution in [2.24, 2.45) is 5.73 Å². The minimum atomic E-state index is 0.364. The van der Waals surface area contributed by atoms with Gasteiger partial charge in [-0.05, 0) is 37.6 Å². The molecule has 84 valence electrons. The molecule has 1 aromatic heterocycles. The third kappa shape index (κ3) is 1.94.